The molecule has 0 heterocycles. The number of aryl methyl sites for hydroxylation is 1. The fourth-order valence-corrected chi connectivity index (χ4v) is 2.50. The second kappa shape index (κ2) is 7.97. The monoisotopic (exact) mass is 392 g/mol. The van der Waals surface area contributed by atoms with Gasteiger partial charge in [-0.2, -0.15) is 0 Å². The SMILES string of the molecule is CCC(Oc1cccc(C)c1)C(=O)Oc1ccc(C(=O)O)cc1Br. The minimum absolute atomic E-state index is 0.102. The summed E-state index contributed by atoms with van der Waals surface area (Å²) in [5.41, 5.74) is 1.13. The van der Waals surface area contributed by atoms with Gasteiger partial charge in [-0.05, 0) is 65.2 Å². The number of aromatic carboxylic acids is 1. The highest BCUT2D eigenvalue weighted by molar-refractivity contribution is 9.10. The van der Waals surface area contributed by atoms with Crippen molar-refractivity contribution in [3.05, 3.63) is 58.1 Å². The summed E-state index contributed by atoms with van der Waals surface area (Å²) in [6.07, 6.45) is -0.310. The molecule has 0 saturated heterocycles. The molecule has 0 spiro atoms. The van der Waals surface area contributed by atoms with E-state index in [9.17, 15) is 9.59 Å². The molecule has 2 aromatic rings. The molecule has 0 amide bonds. The zero-order valence-corrected chi connectivity index (χ0v) is 14.9. The van der Waals surface area contributed by atoms with Crippen LogP contribution in [0.5, 0.6) is 11.5 Å². The van der Waals surface area contributed by atoms with Gasteiger partial charge >= 0.3 is 11.9 Å². The molecule has 126 valence electrons. The Hall–Kier alpha value is -2.34. The van der Waals surface area contributed by atoms with Gasteiger partial charge in [-0.15, -0.1) is 0 Å². The Labute approximate surface area is 148 Å². The van der Waals surface area contributed by atoms with E-state index in [1.807, 2.05) is 32.0 Å². The molecule has 0 aliphatic heterocycles. The van der Waals surface area contributed by atoms with Crippen molar-refractivity contribution < 1.29 is 24.2 Å². The van der Waals surface area contributed by atoms with E-state index in [1.165, 1.54) is 18.2 Å². The fraction of sp³-hybridized carbons (Fsp3) is 0.222. The van der Waals surface area contributed by atoms with E-state index in [0.29, 0.717) is 16.6 Å². The first kappa shape index (κ1) is 18.0. The van der Waals surface area contributed by atoms with E-state index < -0.39 is 18.0 Å². The molecule has 0 bridgehead atoms. The number of carbonyl (C=O) groups is 2. The van der Waals surface area contributed by atoms with Crippen LogP contribution in [0.4, 0.5) is 0 Å². The van der Waals surface area contributed by atoms with Gasteiger partial charge in [0.25, 0.3) is 0 Å². The summed E-state index contributed by atoms with van der Waals surface area (Å²) >= 11 is 3.21. The maximum Gasteiger partial charge on any atom is 0.352 e. The third-order valence-corrected chi connectivity index (χ3v) is 3.91. The number of carboxylic acids is 1. The van der Waals surface area contributed by atoms with Gasteiger partial charge < -0.3 is 14.6 Å². The number of carbonyl (C=O) groups excluding carboxylic acids is 1. The summed E-state index contributed by atoms with van der Waals surface area (Å²) < 4.78 is 11.4. The van der Waals surface area contributed by atoms with Gasteiger partial charge in [0.05, 0.1) is 10.0 Å². The van der Waals surface area contributed by atoms with Crippen LogP contribution in [-0.4, -0.2) is 23.1 Å². The summed E-state index contributed by atoms with van der Waals surface area (Å²) in [5.74, 6) is -0.749. The lowest BCUT2D eigenvalue weighted by Crippen LogP contribution is -2.31. The third kappa shape index (κ3) is 4.58. The summed E-state index contributed by atoms with van der Waals surface area (Å²) in [6, 6.07) is 11.6. The van der Waals surface area contributed by atoms with Crippen LogP contribution in [0.1, 0.15) is 29.3 Å². The zero-order chi connectivity index (χ0) is 17.7. The van der Waals surface area contributed by atoms with Gasteiger partial charge in [0.2, 0.25) is 0 Å². The Morgan fingerprint density at radius 1 is 1.21 bits per heavy atom. The van der Waals surface area contributed by atoms with Crippen LogP contribution in [-0.2, 0) is 4.79 Å². The van der Waals surface area contributed by atoms with Crippen molar-refractivity contribution in [1.82, 2.24) is 0 Å². The lowest BCUT2D eigenvalue weighted by atomic mass is 10.2. The van der Waals surface area contributed by atoms with Crippen LogP contribution in [0.3, 0.4) is 0 Å². The number of hydrogen-bond acceptors (Lipinski definition) is 4. The van der Waals surface area contributed by atoms with E-state index in [1.54, 1.807) is 6.07 Å². The molecule has 0 saturated carbocycles. The van der Waals surface area contributed by atoms with Gasteiger partial charge in [0, 0.05) is 0 Å². The quantitative estimate of drug-likeness (QED) is 0.588. The molecule has 5 nitrogen and oxygen atoms in total. The molecule has 2 rings (SSSR count). The van der Waals surface area contributed by atoms with Gasteiger partial charge in [-0.25, -0.2) is 9.59 Å². The predicted octanol–water partition coefficient (Wildman–Crippen LogP) is 4.22. The highest BCUT2D eigenvalue weighted by Crippen LogP contribution is 2.27. The van der Waals surface area contributed by atoms with E-state index in [2.05, 4.69) is 15.9 Å². The molecular formula is C18H17BrO5. The molecule has 0 aliphatic rings. The Kier molecular flexibility index (Phi) is 5.98. The Morgan fingerprint density at radius 2 is 1.96 bits per heavy atom. The number of hydrogen-bond donors (Lipinski definition) is 1. The first-order valence-corrected chi connectivity index (χ1v) is 8.18. The average molecular weight is 393 g/mol. The second-order valence-corrected chi connectivity index (χ2v) is 6.06. The smallest absolute Gasteiger partial charge is 0.352 e. The third-order valence-electron chi connectivity index (χ3n) is 3.29. The zero-order valence-electron chi connectivity index (χ0n) is 13.3. The molecule has 0 radical (unpaired) electrons. The second-order valence-electron chi connectivity index (χ2n) is 5.20. The van der Waals surface area contributed by atoms with Gasteiger partial charge in [-0.3, -0.25) is 0 Å². The van der Waals surface area contributed by atoms with Crippen molar-refractivity contribution in [3.63, 3.8) is 0 Å². The van der Waals surface area contributed by atoms with E-state index in [0.717, 1.165) is 5.56 Å². The number of benzene rings is 2. The number of carboxylic acid groups (broad SMARTS) is 1. The Bertz CT molecular complexity index is 757. The molecule has 0 aliphatic carbocycles. The van der Waals surface area contributed by atoms with Crippen LogP contribution in [0.15, 0.2) is 46.9 Å². The lowest BCUT2D eigenvalue weighted by Gasteiger charge is -2.17. The normalized spacial score (nSPS) is 11.6. The predicted molar refractivity (Wildman–Crippen MR) is 92.6 cm³/mol. The highest BCUT2D eigenvalue weighted by Gasteiger charge is 2.22. The molecule has 1 N–H and O–H groups in total. The van der Waals surface area contributed by atoms with Crippen molar-refractivity contribution in [2.75, 3.05) is 0 Å². The largest absolute Gasteiger partial charge is 0.479 e. The summed E-state index contributed by atoms with van der Waals surface area (Å²) in [4.78, 5) is 23.2. The topological polar surface area (TPSA) is 72.8 Å². The first-order chi connectivity index (χ1) is 11.4. The first-order valence-electron chi connectivity index (χ1n) is 7.38. The van der Waals surface area contributed by atoms with Crippen LogP contribution in [0.25, 0.3) is 0 Å². The lowest BCUT2D eigenvalue weighted by molar-refractivity contribution is -0.142. The van der Waals surface area contributed by atoms with Crippen LogP contribution in [0, 0.1) is 6.92 Å². The van der Waals surface area contributed by atoms with E-state index in [-0.39, 0.29) is 11.3 Å². The molecule has 0 aromatic heterocycles. The molecule has 0 fully saturated rings. The molecule has 24 heavy (non-hydrogen) atoms. The minimum Gasteiger partial charge on any atom is -0.479 e. The van der Waals surface area contributed by atoms with Crippen molar-refractivity contribution >= 4 is 27.9 Å². The van der Waals surface area contributed by atoms with Gasteiger partial charge in [-0.1, -0.05) is 19.1 Å². The van der Waals surface area contributed by atoms with Crippen LogP contribution >= 0.6 is 15.9 Å². The number of ether oxygens (including phenoxy) is 2. The van der Waals surface area contributed by atoms with Crippen LogP contribution in [0.2, 0.25) is 0 Å². The molecule has 2 aromatic carbocycles. The number of esters is 1. The van der Waals surface area contributed by atoms with Crippen molar-refractivity contribution in [2.24, 2.45) is 0 Å². The average Bonchev–Trinajstić information content (AvgIpc) is 2.54. The molecular weight excluding hydrogens is 376 g/mol. The minimum atomic E-state index is -1.05. The molecule has 1 atom stereocenters. The van der Waals surface area contributed by atoms with Crippen molar-refractivity contribution in [3.8, 4) is 11.5 Å². The Morgan fingerprint density at radius 3 is 2.54 bits per heavy atom. The summed E-state index contributed by atoms with van der Waals surface area (Å²) in [7, 11) is 0. The summed E-state index contributed by atoms with van der Waals surface area (Å²) in [6.45, 7) is 3.76. The van der Waals surface area contributed by atoms with Crippen molar-refractivity contribution in [2.45, 2.75) is 26.4 Å². The Balaban J connectivity index is 2.10. The molecule has 1 unspecified atom stereocenters. The van der Waals surface area contributed by atoms with Crippen molar-refractivity contribution in [1.29, 1.82) is 0 Å². The molecule has 6 heteroatoms. The fourth-order valence-electron chi connectivity index (χ4n) is 2.04. The number of rotatable bonds is 6. The van der Waals surface area contributed by atoms with Crippen LogP contribution < -0.4 is 9.47 Å². The maximum atomic E-state index is 12.3. The van der Waals surface area contributed by atoms with Gasteiger partial charge in [0.15, 0.2) is 6.10 Å². The number of halogens is 1. The summed E-state index contributed by atoms with van der Waals surface area (Å²) in [5, 5.41) is 8.95. The van der Waals surface area contributed by atoms with Gasteiger partial charge in [0.1, 0.15) is 11.5 Å². The van der Waals surface area contributed by atoms with E-state index in [4.69, 9.17) is 14.6 Å². The standard InChI is InChI=1S/C18H17BrO5/c1-3-15(23-13-6-4-5-11(2)9-13)18(22)24-16-8-7-12(17(20)21)10-14(16)19/h4-10,15H,3H2,1-2H3,(H,20,21). The maximum absolute atomic E-state index is 12.3. The van der Waals surface area contributed by atoms with E-state index >= 15 is 0 Å². The highest BCUT2D eigenvalue weighted by atomic mass is 79.9.